The standard InChI is InChI=1S/C17H14ClN3O2S/c18-13-4-1-3-11(7-13)17-19-16(20-23-17)12-8-15(22)21(9-12)10-14-5-2-6-24-14/h1-7,12H,8-10H2. The molecule has 0 spiro atoms. The predicted octanol–water partition coefficient (Wildman–Crippen LogP) is 3.97. The van der Waals surface area contributed by atoms with Crippen molar-refractivity contribution in [2.75, 3.05) is 6.54 Å². The minimum absolute atomic E-state index is 0.0332. The number of rotatable bonds is 4. The third-order valence-corrected chi connectivity index (χ3v) is 5.12. The van der Waals surface area contributed by atoms with Gasteiger partial charge in [0.1, 0.15) is 0 Å². The van der Waals surface area contributed by atoms with Crippen molar-refractivity contribution in [2.24, 2.45) is 0 Å². The molecular weight excluding hydrogens is 346 g/mol. The molecule has 0 radical (unpaired) electrons. The van der Waals surface area contributed by atoms with Gasteiger partial charge < -0.3 is 9.42 Å². The first-order valence-corrected chi connectivity index (χ1v) is 8.84. The maximum atomic E-state index is 12.2. The van der Waals surface area contributed by atoms with Gasteiger partial charge in [0.15, 0.2) is 5.82 Å². The number of likely N-dealkylation sites (tertiary alicyclic amines) is 1. The second-order valence-electron chi connectivity index (χ2n) is 5.72. The van der Waals surface area contributed by atoms with Crippen LogP contribution in [0.1, 0.15) is 23.0 Å². The first kappa shape index (κ1) is 15.4. The van der Waals surface area contributed by atoms with Crippen LogP contribution in [0, 0.1) is 0 Å². The average molecular weight is 360 g/mol. The molecule has 4 rings (SSSR count). The highest BCUT2D eigenvalue weighted by Gasteiger charge is 2.33. The van der Waals surface area contributed by atoms with Gasteiger partial charge in [-0.1, -0.05) is 28.9 Å². The van der Waals surface area contributed by atoms with Crippen LogP contribution >= 0.6 is 22.9 Å². The topological polar surface area (TPSA) is 59.2 Å². The van der Waals surface area contributed by atoms with Crippen molar-refractivity contribution in [3.05, 3.63) is 57.5 Å². The normalized spacial score (nSPS) is 17.6. The molecule has 0 bridgehead atoms. The highest BCUT2D eigenvalue weighted by molar-refractivity contribution is 7.09. The molecular formula is C17H14ClN3O2S. The minimum Gasteiger partial charge on any atom is -0.337 e. The third-order valence-electron chi connectivity index (χ3n) is 4.02. The molecule has 1 fully saturated rings. The van der Waals surface area contributed by atoms with Crippen LogP contribution < -0.4 is 0 Å². The fraction of sp³-hybridized carbons (Fsp3) is 0.235. The molecule has 1 aromatic carbocycles. The van der Waals surface area contributed by atoms with Crippen LogP contribution in [0.25, 0.3) is 11.5 Å². The van der Waals surface area contributed by atoms with Gasteiger partial charge in [0.25, 0.3) is 5.89 Å². The Morgan fingerprint density at radius 3 is 3.04 bits per heavy atom. The van der Waals surface area contributed by atoms with Crippen LogP contribution in [0.15, 0.2) is 46.3 Å². The van der Waals surface area contributed by atoms with Gasteiger partial charge in [0.05, 0.1) is 6.54 Å². The highest BCUT2D eigenvalue weighted by Crippen LogP contribution is 2.30. The number of thiophene rings is 1. The Hall–Kier alpha value is -2.18. The number of nitrogens with zero attached hydrogens (tertiary/aromatic N) is 3. The van der Waals surface area contributed by atoms with Crippen molar-refractivity contribution in [2.45, 2.75) is 18.9 Å². The van der Waals surface area contributed by atoms with Gasteiger partial charge in [-0.3, -0.25) is 4.79 Å². The maximum Gasteiger partial charge on any atom is 0.257 e. The lowest BCUT2D eigenvalue weighted by atomic mass is 10.1. The average Bonchev–Trinajstić information content (AvgIpc) is 3.30. The lowest BCUT2D eigenvalue weighted by molar-refractivity contribution is -0.128. The molecule has 0 aliphatic carbocycles. The smallest absolute Gasteiger partial charge is 0.257 e. The van der Waals surface area contributed by atoms with E-state index < -0.39 is 0 Å². The van der Waals surface area contributed by atoms with Crippen LogP contribution in [0.5, 0.6) is 0 Å². The molecule has 3 heterocycles. The number of carbonyl (C=O) groups excluding carboxylic acids is 1. The fourth-order valence-electron chi connectivity index (χ4n) is 2.83. The second kappa shape index (κ2) is 6.37. The van der Waals surface area contributed by atoms with Crippen molar-refractivity contribution in [3.8, 4) is 11.5 Å². The molecule has 1 atom stereocenters. The Balaban J connectivity index is 1.50. The van der Waals surface area contributed by atoms with Crippen LogP contribution in [0.2, 0.25) is 5.02 Å². The van der Waals surface area contributed by atoms with Crippen molar-refractivity contribution in [1.82, 2.24) is 15.0 Å². The summed E-state index contributed by atoms with van der Waals surface area (Å²) < 4.78 is 5.35. The molecule has 2 aromatic heterocycles. The van der Waals surface area contributed by atoms with E-state index in [1.807, 2.05) is 34.5 Å². The lowest BCUT2D eigenvalue weighted by Gasteiger charge is -2.14. The van der Waals surface area contributed by atoms with Gasteiger partial charge in [0, 0.05) is 34.3 Å². The van der Waals surface area contributed by atoms with E-state index in [4.69, 9.17) is 16.1 Å². The molecule has 0 N–H and O–H groups in total. The third kappa shape index (κ3) is 3.07. The highest BCUT2D eigenvalue weighted by atomic mass is 35.5. The summed E-state index contributed by atoms with van der Waals surface area (Å²) >= 11 is 7.65. The molecule has 0 saturated carbocycles. The maximum absolute atomic E-state index is 12.2. The Labute approximate surface area is 147 Å². The quantitative estimate of drug-likeness (QED) is 0.707. The Bertz CT molecular complexity index is 862. The van der Waals surface area contributed by atoms with E-state index in [-0.39, 0.29) is 11.8 Å². The van der Waals surface area contributed by atoms with Gasteiger partial charge in [0.2, 0.25) is 5.91 Å². The van der Waals surface area contributed by atoms with Gasteiger partial charge in [-0.05, 0) is 29.6 Å². The summed E-state index contributed by atoms with van der Waals surface area (Å²) in [6.07, 6.45) is 0.417. The van der Waals surface area contributed by atoms with Gasteiger partial charge in [-0.2, -0.15) is 4.98 Å². The van der Waals surface area contributed by atoms with Gasteiger partial charge >= 0.3 is 0 Å². The summed E-state index contributed by atoms with van der Waals surface area (Å²) in [5.74, 6) is 1.10. The van der Waals surface area contributed by atoms with Crippen LogP contribution in [-0.2, 0) is 11.3 Å². The number of hydrogen-bond donors (Lipinski definition) is 0. The molecule has 7 heteroatoms. The minimum atomic E-state index is -0.0332. The van der Waals surface area contributed by atoms with E-state index >= 15 is 0 Å². The summed E-state index contributed by atoms with van der Waals surface area (Å²) in [7, 11) is 0. The van der Waals surface area contributed by atoms with Crippen LogP contribution in [0.3, 0.4) is 0 Å². The zero-order valence-corrected chi connectivity index (χ0v) is 14.3. The Morgan fingerprint density at radius 1 is 1.33 bits per heavy atom. The molecule has 1 saturated heterocycles. The van der Waals surface area contributed by atoms with Crippen molar-refractivity contribution >= 4 is 28.8 Å². The summed E-state index contributed by atoms with van der Waals surface area (Å²) in [6.45, 7) is 1.26. The predicted molar refractivity (Wildman–Crippen MR) is 91.8 cm³/mol. The number of amides is 1. The van der Waals surface area contributed by atoms with E-state index in [0.717, 1.165) is 5.56 Å². The second-order valence-corrected chi connectivity index (χ2v) is 7.19. The number of carbonyl (C=O) groups is 1. The van der Waals surface area contributed by atoms with Crippen molar-refractivity contribution in [3.63, 3.8) is 0 Å². The van der Waals surface area contributed by atoms with E-state index in [1.165, 1.54) is 4.88 Å². The summed E-state index contributed by atoms with van der Waals surface area (Å²) in [5.41, 5.74) is 0.779. The first-order valence-electron chi connectivity index (χ1n) is 7.59. The monoisotopic (exact) mass is 359 g/mol. The number of aromatic nitrogens is 2. The van der Waals surface area contributed by atoms with Crippen molar-refractivity contribution in [1.29, 1.82) is 0 Å². The summed E-state index contributed by atoms with van der Waals surface area (Å²) in [4.78, 5) is 19.7. The number of hydrogen-bond acceptors (Lipinski definition) is 5. The van der Waals surface area contributed by atoms with Crippen LogP contribution in [-0.4, -0.2) is 27.5 Å². The zero-order valence-electron chi connectivity index (χ0n) is 12.7. The van der Waals surface area contributed by atoms with Crippen molar-refractivity contribution < 1.29 is 9.32 Å². The number of benzene rings is 1. The van der Waals surface area contributed by atoms with E-state index in [0.29, 0.717) is 36.2 Å². The van der Waals surface area contributed by atoms with E-state index in [1.54, 1.807) is 23.5 Å². The molecule has 122 valence electrons. The molecule has 24 heavy (non-hydrogen) atoms. The molecule has 1 aliphatic rings. The summed E-state index contributed by atoms with van der Waals surface area (Å²) in [6, 6.07) is 11.3. The van der Waals surface area contributed by atoms with Gasteiger partial charge in [-0.15, -0.1) is 11.3 Å². The molecule has 1 amide bonds. The fourth-order valence-corrected chi connectivity index (χ4v) is 3.74. The molecule has 1 unspecified atom stereocenters. The SMILES string of the molecule is O=C1CC(c2noc(-c3cccc(Cl)c3)n2)CN1Cc1cccs1. The van der Waals surface area contributed by atoms with E-state index in [2.05, 4.69) is 10.1 Å². The summed E-state index contributed by atoms with van der Waals surface area (Å²) in [5, 5.41) is 6.70. The molecule has 3 aromatic rings. The zero-order chi connectivity index (χ0) is 16.5. The molecule has 1 aliphatic heterocycles. The Kier molecular flexibility index (Phi) is 4.08. The lowest BCUT2D eigenvalue weighted by Crippen LogP contribution is -2.23. The Morgan fingerprint density at radius 2 is 2.25 bits per heavy atom. The van der Waals surface area contributed by atoms with E-state index in [9.17, 15) is 4.79 Å². The largest absolute Gasteiger partial charge is 0.337 e. The first-order chi connectivity index (χ1) is 11.7. The number of halogens is 1. The van der Waals surface area contributed by atoms with Gasteiger partial charge in [-0.25, -0.2) is 0 Å². The van der Waals surface area contributed by atoms with Crippen LogP contribution in [0.4, 0.5) is 0 Å². The molecule has 5 nitrogen and oxygen atoms in total.